The van der Waals surface area contributed by atoms with Gasteiger partial charge in [0.05, 0.1) is 24.0 Å². The van der Waals surface area contributed by atoms with Crippen LogP contribution in [0.2, 0.25) is 4.34 Å². The molecule has 0 spiro atoms. The Bertz CT molecular complexity index is 370. The molecule has 0 unspecified atom stereocenters. The van der Waals surface area contributed by atoms with E-state index in [0.29, 0.717) is 13.1 Å². The SMILES string of the molecule is C#CCNCC(=O)NCc1ccc(Cl)s1. The van der Waals surface area contributed by atoms with Gasteiger partial charge in [-0.15, -0.1) is 17.8 Å². The second-order valence-electron chi connectivity index (χ2n) is 2.79. The van der Waals surface area contributed by atoms with Gasteiger partial charge in [0.1, 0.15) is 0 Å². The van der Waals surface area contributed by atoms with E-state index in [9.17, 15) is 4.79 Å². The molecular weight excluding hydrogens is 232 g/mol. The summed E-state index contributed by atoms with van der Waals surface area (Å²) in [6.07, 6.45) is 5.03. The molecule has 1 aromatic heterocycles. The molecule has 1 rings (SSSR count). The number of terminal acetylenes is 1. The lowest BCUT2D eigenvalue weighted by molar-refractivity contribution is -0.120. The molecule has 3 nitrogen and oxygen atoms in total. The Hall–Kier alpha value is -1.02. The molecule has 0 aromatic carbocycles. The molecule has 2 N–H and O–H groups in total. The van der Waals surface area contributed by atoms with E-state index in [4.69, 9.17) is 18.0 Å². The van der Waals surface area contributed by atoms with Gasteiger partial charge in [0.15, 0.2) is 0 Å². The predicted octanol–water partition coefficient (Wildman–Crippen LogP) is 1.24. The number of amides is 1. The van der Waals surface area contributed by atoms with Crippen molar-refractivity contribution in [3.05, 3.63) is 21.3 Å². The predicted molar refractivity (Wildman–Crippen MR) is 62.9 cm³/mol. The summed E-state index contributed by atoms with van der Waals surface area (Å²) < 4.78 is 0.727. The lowest BCUT2D eigenvalue weighted by atomic mass is 10.4. The lowest BCUT2D eigenvalue weighted by Gasteiger charge is -2.02. The quantitative estimate of drug-likeness (QED) is 0.603. The maximum absolute atomic E-state index is 11.2. The Morgan fingerprint density at radius 3 is 3.00 bits per heavy atom. The third-order valence-corrected chi connectivity index (χ3v) is 2.83. The maximum Gasteiger partial charge on any atom is 0.234 e. The molecule has 0 atom stereocenters. The smallest absolute Gasteiger partial charge is 0.234 e. The third-order valence-electron chi connectivity index (χ3n) is 1.60. The molecule has 1 heterocycles. The number of carbonyl (C=O) groups is 1. The molecule has 1 amide bonds. The van der Waals surface area contributed by atoms with Gasteiger partial charge < -0.3 is 5.32 Å². The van der Waals surface area contributed by atoms with Crippen LogP contribution in [0, 0.1) is 12.3 Å². The fourth-order valence-corrected chi connectivity index (χ4v) is 1.97. The highest BCUT2D eigenvalue weighted by Crippen LogP contribution is 2.20. The van der Waals surface area contributed by atoms with Gasteiger partial charge in [-0.3, -0.25) is 10.1 Å². The van der Waals surface area contributed by atoms with E-state index in [1.54, 1.807) is 0 Å². The van der Waals surface area contributed by atoms with Crippen LogP contribution in [0.1, 0.15) is 4.88 Å². The molecule has 0 saturated carbocycles. The van der Waals surface area contributed by atoms with Crippen LogP contribution < -0.4 is 10.6 Å². The monoisotopic (exact) mass is 242 g/mol. The van der Waals surface area contributed by atoms with Crippen molar-refractivity contribution >= 4 is 28.8 Å². The number of nitrogens with one attached hydrogen (secondary N) is 2. The van der Waals surface area contributed by atoms with Gasteiger partial charge in [0, 0.05) is 4.88 Å². The molecule has 0 aliphatic heterocycles. The zero-order chi connectivity index (χ0) is 11.1. The third kappa shape index (κ3) is 4.84. The van der Waals surface area contributed by atoms with Crippen LogP contribution in [-0.2, 0) is 11.3 Å². The molecule has 1 aromatic rings. The Balaban J connectivity index is 2.20. The van der Waals surface area contributed by atoms with Gasteiger partial charge in [0.2, 0.25) is 5.91 Å². The van der Waals surface area contributed by atoms with Crippen LogP contribution in [0.4, 0.5) is 0 Å². The second kappa shape index (κ2) is 6.46. The lowest BCUT2D eigenvalue weighted by Crippen LogP contribution is -2.33. The minimum atomic E-state index is -0.0743. The average Bonchev–Trinajstić information content (AvgIpc) is 2.62. The first-order chi connectivity index (χ1) is 7.22. The molecular formula is C10H11ClN2OS. The zero-order valence-electron chi connectivity index (χ0n) is 8.05. The largest absolute Gasteiger partial charge is 0.350 e. The molecule has 0 radical (unpaired) electrons. The Labute approximate surface area is 97.8 Å². The number of hydrogen-bond donors (Lipinski definition) is 2. The summed E-state index contributed by atoms with van der Waals surface area (Å²) in [5.74, 6) is 2.32. The summed E-state index contributed by atoms with van der Waals surface area (Å²) in [6, 6.07) is 3.70. The number of carbonyl (C=O) groups excluding carboxylic acids is 1. The fourth-order valence-electron chi connectivity index (χ4n) is 0.943. The van der Waals surface area contributed by atoms with Crippen molar-refractivity contribution in [1.82, 2.24) is 10.6 Å². The summed E-state index contributed by atoms with van der Waals surface area (Å²) in [5.41, 5.74) is 0. The molecule has 80 valence electrons. The van der Waals surface area contributed by atoms with Gasteiger partial charge in [-0.05, 0) is 12.1 Å². The minimum absolute atomic E-state index is 0.0743. The summed E-state index contributed by atoms with van der Waals surface area (Å²) in [6.45, 7) is 1.15. The van der Waals surface area contributed by atoms with Crippen LogP contribution in [0.15, 0.2) is 12.1 Å². The maximum atomic E-state index is 11.2. The first-order valence-corrected chi connectivity index (χ1v) is 5.57. The van der Waals surface area contributed by atoms with Crippen LogP contribution >= 0.6 is 22.9 Å². The summed E-state index contributed by atoms with van der Waals surface area (Å²) in [4.78, 5) is 12.3. The fraction of sp³-hybridized carbons (Fsp3) is 0.300. The van der Waals surface area contributed by atoms with Gasteiger partial charge in [-0.25, -0.2) is 0 Å². The number of rotatable bonds is 5. The van der Waals surface area contributed by atoms with Gasteiger partial charge in [0.25, 0.3) is 0 Å². The van der Waals surface area contributed by atoms with Crippen molar-refractivity contribution < 1.29 is 4.79 Å². The molecule has 0 bridgehead atoms. The Kier molecular flexibility index (Phi) is 5.19. The van der Waals surface area contributed by atoms with Crippen molar-refractivity contribution in [2.24, 2.45) is 0 Å². The van der Waals surface area contributed by atoms with Crippen molar-refractivity contribution in [3.63, 3.8) is 0 Å². The molecule has 15 heavy (non-hydrogen) atoms. The van der Waals surface area contributed by atoms with Gasteiger partial charge in [-0.1, -0.05) is 17.5 Å². The highest BCUT2D eigenvalue weighted by molar-refractivity contribution is 7.16. The molecule has 5 heteroatoms. The van der Waals surface area contributed by atoms with Crippen LogP contribution in [-0.4, -0.2) is 19.0 Å². The molecule has 0 aliphatic carbocycles. The first kappa shape index (κ1) is 12.1. The van der Waals surface area contributed by atoms with E-state index in [2.05, 4.69) is 16.6 Å². The Morgan fingerprint density at radius 1 is 1.60 bits per heavy atom. The van der Waals surface area contributed by atoms with Gasteiger partial charge >= 0.3 is 0 Å². The highest BCUT2D eigenvalue weighted by Gasteiger charge is 2.01. The summed E-state index contributed by atoms with van der Waals surface area (Å²) in [7, 11) is 0. The highest BCUT2D eigenvalue weighted by atomic mass is 35.5. The minimum Gasteiger partial charge on any atom is -0.350 e. The van der Waals surface area contributed by atoms with Crippen LogP contribution in [0.3, 0.4) is 0 Å². The second-order valence-corrected chi connectivity index (χ2v) is 4.59. The first-order valence-electron chi connectivity index (χ1n) is 4.37. The van der Waals surface area contributed by atoms with Crippen LogP contribution in [0.25, 0.3) is 0 Å². The van der Waals surface area contributed by atoms with E-state index >= 15 is 0 Å². The zero-order valence-corrected chi connectivity index (χ0v) is 9.62. The van der Waals surface area contributed by atoms with E-state index in [1.165, 1.54) is 11.3 Å². The molecule has 0 saturated heterocycles. The average molecular weight is 243 g/mol. The molecule has 0 aliphatic rings. The van der Waals surface area contributed by atoms with E-state index in [-0.39, 0.29) is 12.5 Å². The summed E-state index contributed by atoms with van der Waals surface area (Å²) in [5, 5.41) is 5.56. The van der Waals surface area contributed by atoms with Crippen molar-refractivity contribution in [3.8, 4) is 12.3 Å². The van der Waals surface area contributed by atoms with E-state index < -0.39 is 0 Å². The van der Waals surface area contributed by atoms with Crippen molar-refractivity contribution in [2.75, 3.05) is 13.1 Å². The van der Waals surface area contributed by atoms with Crippen molar-refractivity contribution in [2.45, 2.75) is 6.54 Å². The molecule has 0 fully saturated rings. The van der Waals surface area contributed by atoms with E-state index in [0.717, 1.165) is 9.21 Å². The topological polar surface area (TPSA) is 41.1 Å². The summed E-state index contributed by atoms with van der Waals surface area (Å²) >= 11 is 7.21. The number of thiophene rings is 1. The Morgan fingerprint density at radius 2 is 2.40 bits per heavy atom. The standard InChI is InChI=1S/C10H11ClN2OS/c1-2-5-12-7-10(14)13-6-8-3-4-9(11)15-8/h1,3-4,12H,5-7H2,(H,13,14). The van der Waals surface area contributed by atoms with E-state index in [1.807, 2.05) is 12.1 Å². The number of halogens is 1. The van der Waals surface area contributed by atoms with Gasteiger partial charge in [-0.2, -0.15) is 0 Å². The normalized spacial score (nSPS) is 9.60. The van der Waals surface area contributed by atoms with Crippen molar-refractivity contribution in [1.29, 1.82) is 0 Å². The number of hydrogen-bond acceptors (Lipinski definition) is 3. The van der Waals surface area contributed by atoms with Crippen LogP contribution in [0.5, 0.6) is 0 Å².